The largest absolute Gasteiger partial charge is 0.431 e. The Morgan fingerprint density at radius 3 is 1.64 bits per heavy atom. The van der Waals surface area contributed by atoms with E-state index >= 15 is 0 Å². The van der Waals surface area contributed by atoms with Crippen molar-refractivity contribution in [3.63, 3.8) is 0 Å². The van der Waals surface area contributed by atoms with Gasteiger partial charge in [-0.25, -0.2) is 9.97 Å². The number of nitrogens with zero attached hydrogens (tertiary/aromatic N) is 2. The lowest BCUT2D eigenvalue weighted by atomic mass is 10.3. The van der Waals surface area contributed by atoms with Crippen molar-refractivity contribution in [3.8, 4) is 0 Å². The Kier molecular flexibility index (Phi) is 3.69. The summed E-state index contributed by atoms with van der Waals surface area (Å²) in [6, 6.07) is 10.6. The predicted octanol–water partition coefficient (Wildman–Crippen LogP) is 6.08. The summed E-state index contributed by atoms with van der Waals surface area (Å²) >= 11 is 11.9. The summed E-state index contributed by atoms with van der Waals surface area (Å²) < 4.78 is 11.2. The summed E-state index contributed by atoms with van der Waals surface area (Å²) in [7, 11) is 2.66. The molecular weight excluding hydrogens is 363 g/mol. The highest BCUT2D eigenvalue weighted by Crippen LogP contribution is 2.39. The van der Waals surface area contributed by atoms with Crippen LogP contribution in [0, 0.1) is 0 Å². The Balaban J connectivity index is 1.56. The third-order valence-electron chi connectivity index (χ3n) is 2.84. The van der Waals surface area contributed by atoms with Crippen LogP contribution in [0.4, 0.5) is 0 Å². The van der Waals surface area contributed by atoms with Crippen molar-refractivity contribution < 1.29 is 8.83 Å². The van der Waals surface area contributed by atoms with Gasteiger partial charge in [-0.15, -0.1) is 0 Å². The number of rotatable bonds is 3. The van der Waals surface area contributed by atoms with E-state index in [1.165, 1.54) is 21.6 Å². The van der Waals surface area contributed by atoms with Crippen LogP contribution in [0.2, 0.25) is 10.0 Å². The standard InChI is InChI=1S/C14H6Cl2N2O2S2/c15-7-1-3-11-9(5-7)17-13(19-11)21-22-14-18-10-6-8(16)2-4-12(10)20-14/h1-6H. The van der Waals surface area contributed by atoms with Crippen LogP contribution in [0.3, 0.4) is 0 Å². The first-order valence-corrected chi connectivity index (χ1v) is 9.05. The van der Waals surface area contributed by atoms with Gasteiger partial charge in [0.05, 0.1) is 0 Å². The maximum Gasteiger partial charge on any atom is 0.268 e. The molecule has 0 spiro atoms. The summed E-state index contributed by atoms with van der Waals surface area (Å²) in [6.07, 6.45) is 0. The summed E-state index contributed by atoms with van der Waals surface area (Å²) in [5, 5.41) is 2.28. The molecule has 0 aliphatic heterocycles. The molecule has 0 atom stereocenters. The highest BCUT2D eigenvalue weighted by atomic mass is 35.5. The van der Waals surface area contributed by atoms with E-state index < -0.39 is 0 Å². The van der Waals surface area contributed by atoms with E-state index in [9.17, 15) is 0 Å². The first kappa shape index (κ1) is 14.3. The highest BCUT2D eigenvalue weighted by Gasteiger charge is 2.12. The number of hydrogen-bond donors (Lipinski definition) is 0. The zero-order chi connectivity index (χ0) is 15.1. The lowest BCUT2D eigenvalue weighted by Crippen LogP contribution is -1.69. The Labute approximate surface area is 142 Å². The molecule has 0 amide bonds. The number of halogens is 2. The number of hydrogen-bond acceptors (Lipinski definition) is 6. The highest BCUT2D eigenvalue weighted by molar-refractivity contribution is 8.76. The van der Waals surface area contributed by atoms with Crippen molar-refractivity contribution in [2.24, 2.45) is 0 Å². The van der Waals surface area contributed by atoms with Crippen LogP contribution < -0.4 is 0 Å². The molecule has 0 N–H and O–H groups in total. The Morgan fingerprint density at radius 2 is 1.18 bits per heavy atom. The summed E-state index contributed by atoms with van der Waals surface area (Å²) in [6.45, 7) is 0. The van der Waals surface area contributed by atoms with Crippen molar-refractivity contribution in [3.05, 3.63) is 46.4 Å². The van der Waals surface area contributed by atoms with Gasteiger partial charge in [0.25, 0.3) is 10.4 Å². The van der Waals surface area contributed by atoms with Gasteiger partial charge >= 0.3 is 0 Å². The summed E-state index contributed by atoms with van der Waals surface area (Å²) in [5.41, 5.74) is 2.83. The fraction of sp³-hybridized carbons (Fsp3) is 0. The van der Waals surface area contributed by atoms with Gasteiger partial charge < -0.3 is 8.83 Å². The molecule has 22 heavy (non-hydrogen) atoms. The van der Waals surface area contributed by atoms with E-state index in [0.717, 1.165) is 11.0 Å². The second kappa shape index (κ2) is 5.70. The minimum absolute atomic E-state index is 0.516. The van der Waals surface area contributed by atoms with Crippen molar-refractivity contribution in [2.45, 2.75) is 10.4 Å². The van der Waals surface area contributed by atoms with Crippen molar-refractivity contribution in [1.82, 2.24) is 9.97 Å². The maximum atomic E-state index is 5.93. The minimum atomic E-state index is 0.516. The van der Waals surface area contributed by atoms with Crippen molar-refractivity contribution in [2.75, 3.05) is 0 Å². The molecule has 4 rings (SSSR count). The van der Waals surface area contributed by atoms with E-state index in [-0.39, 0.29) is 0 Å². The molecule has 0 radical (unpaired) electrons. The van der Waals surface area contributed by atoms with Gasteiger partial charge in [0.2, 0.25) is 0 Å². The average Bonchev–Trinajstić information content (AvgIpc) is 3.07. The molecule has 4 aromatic rings. The van der Waals surface area contributed by atoms with E-state index in [1.54, 1.807) is 36.4 Å². The van der Waals surface area contributed by atoms with Gasteiger partial charge in [0.15, 0.2) is 11.2 Å². The Morgan fingerprint density at radius 1 is 0.727 bits per heavy atom. The minimum Gasteiger partial charge on any atom is -0.431 e. The third-order valence-corrected chi connectivity index (χ3v) is 5.14. The van der Waals surface area contributed by atoms with E-state index in [4.69, 9.17) is 32.0 Å². The van der Waals surface area contributed by atoms with Gasteiger partial charge in [-0.3, -0.25) is 0 Å². The fourth-order valence-electron chi connectivity index (χ4n) is 1.90. The Bertz CT molecular complexity index is 903. The molecule has 110 valence electrons. The first-order chi connectivity index (χ1) is 10.7. The molecule has 0 saturated carbocycles. The lowest BCUT2D eigenvalue weighted by molar-refractivity contribution is 0.487. The quantitative estimate of drug-likeness (QED) is 0.408. The van der Waals surface area contributed by atoms with E-state index in [2.05, 4.69) is 9.97 Å². The lowest BCUT2D eigenvalue weighted by Gasteiger charge is -1.89. The molecule has 0 aliphatic carbocycles. The predicted molar refractivity (Wildman–Crippen MR) is 89.8 cm³/mol. The molecule has 0 aliphatic rings. The van der Waals surface area contributed by atoms with Crippen molar-refractivity contribution >= 4 is 67.0 Å². The molecular formula is C14H6Cl2N2O2S2. The van der Waals surface area contributed by atoms with Gasteiger partial charge in [-0.1, -0.05) is 23.2 Å². The second-order valence-electron chi connectivity index (χ2n) is 4.35. The van der Waals surface area contributed by atoms with Crippen LogP contribution in [0.1, 0.15) is 0 Å². The topological polar surface area (TPSA) is 52.1 Å². The third kappa shape index (κ3) is 2.79. The zero-order valence-corrected chi connectivity index (χ0v) is 13.9. The number of oxazole rings is 2. The summed E-state index contributed by atoms with van der Waals surface area (Å²) in [5.74, 6) is 0. The van der Waals surface area contributed by atoms with Gasteiger partial charge in [-0.05, 0) is 36.4 Å². The smallest absolute Gasteiger partial charge is 0.268 e. The van der Waals surface area contributed by atoms with Crippen LogP contribution >= 0.6 is 44.8 Å². The van der Waals surface area contributed by atoms with E-state index in [1.807, 2.05) is 0 Å². The molecule has 2 aromatic carbocycles. The molecule has 0 unspecified atom stereocenters. The Hall–Kier alpha value is -1.34. The van der Waals surface area contributed by atoms with Crippen LogP contribution in [-0.2, 0) is 0 Å². The second-order valence-corrected chi connectivity index (χ2v) is 7.25. The average molecular weight is 369 g/mol. The van der Waals surface area contributed by atoms with E-state index in [0.29, 0.717) is 31.7 Å². The zero-order valence-electron chi connectivity index (χ0n) is 10.7. The van der Waals surface area contributed by atoms with Crippen LogP contribution in [0.5, 0.6) is 0 Å². The van der Waals surface area contributed by atoms with Gasteiger partial charge in [0, 0.05) is 31.6 Å². The van der Waals surface area contributed by atoms with Gasteiger partial charge in [-0.2, -0.15) is 0 Å². The maximum absolute atomic E-state index is 5.93. The molecule has 0 saturated heterocycles. The molecule has 2 heterocycles. The number of aromatic nitrogens is 2. The molecule has 4 nitrogen and oxygen atoms in total. The SMILES string of the molecule is Clc1ccc2oc(SSc3nc4cc(Cl)ccc4o3)nc2c1. The first-order valence-electron chi connectivity index (χ1n) is 6.14. The van der Waals surface area contributed by atoms with Crippen LogP contribution in [0.25, 0.3) is 22.2 Å². The number of fused-ring (bicyclic) bond motifs is 2. The van der Waals surface area contributed by atoms with Crippen LogP contribution in [0.15, 0.2) is 55.7 Å². The molecule has 0 fully saturated rings. The van der Waals surface area contributed by atoms with Gasteiger partial charge in [0.1, 0.15) is 11.0 Å². The fourth-order valence-corrected chi connectivity index (χ4v) is 3.75. The number of benzene rings is 2. The van der Waals surface area contributed by atoms with Crippen LogP contribution in [-0.4, -0.2) is 9.97 Å². The molecule has 8 heteroatoms. The summed E-state index contributed by atoms with van der Waals surface area (Å²) in [4.78, 5) is 8.71. The molecule has 2 aromatic heterocycles. The molecule has 0 bridgehead atoms. The monoisotopic (exact) mass is 368 g/mol. The normalized spacial score (nSPS) is 11.5. The van der Waals surface area contributed by atoms with Crippen molar-refractivity contribution in [1.29, 1.82) is 0 Å².